The topological polar surface area (TPSA) is 108 Å². The van der Waals surface area contributed by atoms with Crippen molar-refractivity contribution in [3.63, 3.8) is 0 Å². The van der Waals surface area contributed by atoms with Gasteiger partial charge in [0, 0.05) is 17.2 Å². The predicted molar refractivity (Wildman–Crippen MR) is 126 cm³/mol. The molecule has 9 heteroatoms. The van der Waals surface area contributed by atoms with Crippen LogP contribution < -0.4 is 10.0 Å². The van der Waals surface area contributed by atoms with E-state index in [2.05, 4.69) is 23.5 Å². The van der Waals surface area contributed by atoms with Crippen molar-refractivity contribution in [2.24, 2.45) is 5.41 Å². The number of carbonyl (C=O) groups is 1. The first-order valence-corrected chi connectivity index (χ1v) is 12.4. The van der Waals surface area contributed by atoms with Gasteiger partial charge in [-0.25, -0.2) is 4.98 Å². The highest BCUT2D eigenvalue weighted by molar-refractivity contribution is 7.87. The van der Waals surface area contributed by atoms with Crippen molar-refractivity contribution in [3.05, 3.63) is 81.8 Å². The van der Waals surface area contributed by atoms with Gasteiger partial charge in [0.2, 0.25) is 5.91 Å². The highest BCUT2D eigenvalue weighted by Gasteiger charge is 2.26. The molecule has 1 heterocycles. The van der Waals surface area contributed by atoms with Gasteiger partial charge in [0.05, 0.1) is 17.4 Å². The van der Waals surface area contributed by atoms with Crippen LogP contribution in [0.3, 0.4) is 0 Å². The standard InChI is InChI=1S/C23H26N3O4S2/c1-23(2,3)22(27)25-20(14-17-9-11-18(12-10-17)26-32(28,29)30)21-24-19(15-31-21)13-16-7-5-4-6-8-16/h4-9,11-12,15,20,26H,13-14H2,1-3H3,(H,25,27)(H,28,29,30). The van der Waals surface area contributed by atoms with Gasteiger partial charge in [-0.3, -0.25) is 14.1 Å². The fourth-order valence-corrected chi connectivity index (χ4v) is 4.25. The first kappa shape index (κ1) is 23.9. The van der Waals surface area contributed by atoms with Crippen LogP contribution >= 0.6 is 11.3 Å². The van der Waals surface area contributed by atoms with Crippen molar-refractivity contribution in [2.45, 2.75) is 39.7 Å². The molecule has 0 saturated heterocycles. The van der Waals surface area contributed by atoms with Crippen molar-refractivity contribution in [1.82, 2.24) is 10.3 Å². The first-order valence-electron chi connectivity index (χ1n) is 10.0. The summed E-state index contributed by atoms with van der Waals surface area (Å²) in [5.74, 6) is -0.0908. The molecular weight excluding hydrogens is 446 g/mol. The molecule has 0 aliphatic heterocycles. The molecule has 169 valence electrons. The molecule has 0 aliphatic rings. The first-order chi connectivity index (χ1) is 15.0. The monoisotopic (exact) mass is 472 g/mol. The molecule has 1 unspecified atom stereocenters. The molecule has 0 fully saturated rings. The van der Waals surface area contributed by atoms with Gasteiger partial charge >= 0.3 is 10.3 Å². The summed E-state index contributed by atoms with van der Waals surface area (Å²) < 4.78 is 32.8. The predicted octanol–water partition coefficient (Wildman–Crippen LogP) is 4.19. The lowest BCUT2D eigenvalue weighted by Crippen LogP contribution is -2.38. The quantitative estimate of drug-likeness (QED) is 0.426. The van der Waals surface area contributed by atoms with E-state index >= 15 is 0 Å². The molecule has 0 bridgehead atoms. The maximum absolute atomic E-state index is 12.7. The number of nitrogens with one attached hydrogen (secondary N) is 2. The van der Waals surface area contributed by atoms with E-state index in [0.717, 1.165) is 21.8 Å². The number of aromatic nitrogens is 1. The van der Waals surface area contributed by atoms with E-state index in [0.29, 0.717) is 12.8 Å². The molecule has 1 aromatic heterocycles. The summed E-state index contributed by atoms with van der Waals surface area (Å²) in [4.78, 5) is 17.5. The second-order valence-electron chi connectivity index (χ2n) is 8.50. The lowest BCUT2D eigenvalue weighted by Gasteiger charge is -2.23. The van der Waals surface area contributed by atoms with Crippen molar-refractivity contribution >= 4 is 33.2 Å². The summed E-state index contributed by atoms with van der Waals surface area (Å²) in [6.45, 7) is 5.55. The van der Waals surface area contributed by atoms with E-state index < -0.39 is 15.7 Å². The Balaban J connectivity index is 1.80. The van der Waals surface area contributed by atoms with E-state index in [4.69, 9.17) is 9.54 Å². The average Bonchev–Trinajstić information content (AvgIpc) is 3.16. The molecule has 1 amide bonds. The van der Waals surface area contributed by atoms with Crippen LogP contribution in [0.15, 0.2) is 53.9 Å². The van der Waals surface area contributed by atoms with Crippen LogP contribution in [-0.4, -0.2) is 23.9 Å². The molecule has 0 spiro atoms. The summed E-state index contributed by atoms with van der Waals surface area (Å²) in [6, 6.07) is 17.4. The second-order valence-corrected chi connectivity index (χ2v) is 10.5. The Morgan fingerprint density at radius 3 is 2.50 bits per heavy atom. The minimum atomic E-state index is -4.35. The highest BCUT2D eigenvalue weighted by atomic mass is 32.2. The molecule has 0 aliphatic carbocycles. The molecule has 2 aromatic carbocycles. The average molecular weight is 473 g/mol. The molecule has 32 heavy (non-hydrogen) atoms. The largest absolute Gasteiger partial charge is 0.357 e. The highest BCUT2D eigenvalue weighted by Crippen LogP contribution is 2.26. The van der Waals surface area contributed by atoms with Crippen molar-refractivity contribution in [2.75, 3.05) is 4.72 Å². The van der Waals surface area contributed by atoms with Crippen LogP contribution in [-0.2, 0) is 27.9 Å². The van der Waals surface area contributed by atoms with Crippen molar-refractivity contribution in [1.29, 1.82) is 0 Å². The number of amides is 1. The molecule has 0 saturated carbocycles. The van der Waals surface area contributed by atoms with E-state index in [1.54, 1.807) is 6.07 Å². The smallest absolute Gasteiger partial charge is 0.346 e. The number of hydrogen-bond acceptors (Lipinski definition) is 5. The number of thiazole rings is 1. The maximum Gasteiger partial charge on any atom is 0.357 e. The molecular formula is C23H26N3O4S2. The third kappa shape index (κ3) is 7.15. The number of carbonyl (C=O) groups excluding carboxylic acids is 1. The van der Waals surface area contributed by atoms with E-state index in [1.165, 1.54) is 23.5 Å². The Morgan fingerprint density at radius 2 is 1.91 bits per heavy atom. The normalized spacial score (nSPS) is 12.9. The molecule has 1 radical (unpaired) electrons. The number of anilines is 1. The molecule has 1 atom stereocenters. The van der Waals surface area contributed by atoms with Crippen LogP contribution in [0.5, 0.6) is 0 Å². The van der Waals surface area contributed by atoms with E-state index in [-0.39, 0.29) is 17.6 Å². The Morgan fingerprint density at radius 1 is 1.19 bits per heavy atom. The third-order valence-electron chi connectivity index (χ3n) is 4.63. The number of rotatable bonds is 8. The van der Waals surface area contributed by atoms with E-state index in [1.807, 2.05) is 49.1 Å². The minimum Gasteiger partial charge on any atom is -0.346 e. The fraction of sp³-hybridized carbons (Fsp3) is 0.304. The summed E-state index contributed by atoms with van der Waals surface area (Å²) >= 11 is 1.50. The van der Waals surface area contributed by atoms with Gasteiger partial charge in [-0.05, 0) is 35.7 Å². The zero-order valence-electron chi connectivity index (χ0n) is 18.1. The molecule has 3 aromatic rings. The Kier molecular flexibility index (Phi) is 7.33. The number of hydrogen-bond donors (Lipinski definition) is 3. The van der Waals surface area contributed by atoms with Crippen LogP contribution in [0.25, 0.3) is 0 Å². The Labute approximate surface area is 192 Å². The zero-order valence-corrected chi connectivity index (χ0v) is 19.8. The van der Waals surface area contributed by atoms with E-state index in [9.17, 15) is 13.2 Å². The molecule has 3 N–H and O–H groups in total. The number of nitrogens with zero attached hydrogens (tertiary/aromatic N) is 1. The third-order valence-corrected chi connectivity index (χ3v) is 6.13. The van der Waals surface area contributed by atoms with Crippen LogP contribution in [0.2, 0.25) is 0 Å². The molecule has 7 nitrogen and oxygen atoms in total. The van der Waals surface area contributed by atoms with Gasteiger partial charge in [-0.2, -0.15) is 8.42 Å². The van der Waals surface area contributed by atoms with Crippen LogP contribution in [0.4, 0.5) is 5.69 Å². The van der Waals surface area contributed by atoms with Crippen molar-refractivity contribution in [3.8, 4) is 0 Å². The Hall–Kier alpha value is -2.75. The van der Waals surface area contributed by atoms with Crippen LogP contribution in [0, 0.1) is 11.5 Å². The SMILES string of the molecule is CC(C)(C)C(=O)NC(Cc1[c]cc(NS(=O)(=O)O)cc1)c1nc(Cc2ccccc2)cs1. The minimum absolute atomic E-state index is 0.0908. The summed E-state index contributed by atoms with van der Waals surface area (Å²) in [5.41, 5.74) is 2.50. The van der Waals surface area contributed by atoms with Gasteiger partial charge in [0.15, 0.2) is 0 Å². The van der Waals surface area contributed by atoms with Gasteiger partial charge in [0.25, 0.3) is 0 Å². The fourth-order valence-electron chi connectivity index (χ4n) is 2.96. The Bertz CT molecular complexity index is 1150. The molecule has 3 rings (SSSR count). The maximum atomic E-state index is 12.7. The summed E-state index contributed by atoms with van der Waals surface area (Å²) in [7, 11) is -4.35. The van der Waals surface area contributed by atoms with Gasteiger partial charge in [0.1, 0.15) is 5.01 Å². The lowest BCUT2D eigenvalue weighted by atomic mass is 9.94. The van der Waals surface area contributed by atoms with Crippen LogP contribution in [0.1, 0.15) is 48.6 Å². The summed E-state index contributed by atoms with van der Waals surface area (Å²) in [6.07, 6.45) is 1.14. The van der Waals surface area contributed by atoms with Gasteiger partial charge < -0.3 is 5.32 Å². The second kappa shape index (κ2) is 9.81. The van der Waals surface area contributed by atoms with Gasteiger partial charge in [-0.1, -0.05) is 57.2 Å². The van der Waals surface area contributed by atoms with Crippen molar-refractivity contribution < 1.29 is 17.8 Å². The zero-order chi connectivity index (χ0) is 23.4. The number of benzene rings is 2. The lowest BCUT2D eigenvalue weighted by molar-refractivity contribution is -0.129. The summed E-state index contributed by atoms with van der Waals surface area (Å²) in [5, 5.41) is 5.88. The van der Waals surface area contributed by atoms with Gasteiger partial charge in [-0.15, -0.1) is 11.3 Å².